The van der Waals surface area contributed by atoms with Gasteiger partial charge in [0.05, 0.1) is 12.8 Å². The molecule has 0 N–H and O–H groups in total. The van der Waals surface area contributed by atoms with Crippen molar-refractivity contribution in [3.05, 3.63) is 59.4 Å². The number of nitrogens with zero attached hydrogens (tertiary/aromatic N) is 2. The number of carbonyl (C=O) groups is 2. The number of aryl methyl sites for hydroxylation is 2. The maximum absolute atomic E-state index is 12.6. The Morgan fingerprint density at radius 2 is 1.83 bits per heavy atom. The molecular formula is C18H18N2O3. The average molecular weight is 310 g/mol. The number of methoxy groups -OCH3 is 1. The third kappa shape index (κ3) is 4.10. The summed E-state index contributed by atoms with van der Waals surface area (Å²) in [6.45, 7) is 3.89. The fourth-order valence-electron chi connectivity index (χ4n) is 2.03. The maximum atomic E-state index is 12.6. The second-order valence-corrected chi connectivity index (χ2v) is 5.15. The standard InChI is InChI=1S/C18H18N2O3/c1-12-4-5-14(10-13(12)2)17(21)16(18(22)23-3)11-20-15-6-8-19-9-7-15/h4-11,16H,1-3H3. The molecule has 0 aliphatic heterocycles. The van der Waals surface area contributed by atoms with Gasteiger partial charge in [0.1, 0.15) is 0 Å². The smallest absolute Gasteiger partial charge is 0.322 e. The van der Waals surface area contributed by atoms with Gasteiger partial charge in [-0.25, -0.2) is 0 Å². The third-order valence-corrected chi connectivity index (χ3v) is 3.56. The lowest BCUT2D eigenvalue weighted by Gasteiger charge is -2.10. The van der Waals surface area contributed by atoms with E-state index in [0.29, 0.717) is 11.3 Å². The van der Waals surface area contributed by atoms with Crippen LogP contribution in [-0.4, -0.2) is 30.1 Å². The van der Waals surface area contributed by atoms with E-state index in [1.807, 2.05) is 19.9 Å². The molecule has 1 atom stereocenters. The van der Waals surface area contributed by atoms with Gasteiger partial charge >= 0.3 is 5.97 Å². The summed E-state index contributed by atoms with van der Waals surface area (Å²) in [4.78, 5) is 32.6. The van der Waals surface area contributed by atoms with E-state index in [1.165, 1.54) is 13.3 Å². The Kier molecular flexibility index (Phi) is 5.36. The molecule has 5 nitrogen and oxygen atoms in total. The summed E-state index contributed by atoms with van der Waals surface area (Å²) in [6, 6.07) is 8.71. The molecule has 0 aliphatic rings. The van der Waals surface area contributed by atoms with Crippen molar-refractivity contribution in [1.82, 2.24) is 4.98 Å². The first-order valence-electron chi connectivity index (χ1n) is 7.16. The van der Waals surface area contributed by atoms with Crippen molar-refractivity contribution < 1.29 is 14.3 Å². The van der Waals surface area contributed by atoms with Gasteiger partial charge in [0.2, 0.25) is 0 Å². The number of rotatable bonds is 5. The first-order valence-corrected chi connectivity index (χ1v) is 7.16. The van der Waals surface area contributed by atoms with Crippen LogP contribution in [0, 0.1) is 19.8 Å². The Morgan fingerprint density at radius 3 is 2.43 bits per heavy atom. The number of aliphatic imine (C=N–C) groups is 1. The minimum atomic E-state index is -1.07. The lowest BCUT2D eigenvalue weighted by Crippen LogP contribution is -2.27. The van der Waals surface area contributed by atoms with Gasteiger partial charge in [-0.2, -0.15) is 0 Å². The van der Waals surface area contributed by atoms with Crippen molar-refractivity contribution in [2.45, 2.75) is 13.8 Å². The van der Waals surface area contributed by atoms with E-state index in [-0.39, 0.29) is 5.78 Å². The number of benzene rings is 1. The first kappa shape index (κ1) is 16.5. The molecule has 1 heterocycles. The number of aromatic nitrogens is 1. The number of ether oxygens (including phenoxy) is 1. The van der Waals surface area contributed by atoms with Crippen molar-refractivity contribution in [3.8, 4) is 0 Å². The van der Waals surface area contributed by atoms with E-state index in [2.05, 4.69) is 9.98 Å². The molecule has 0 saturated heterocycles. The fourth-order valence-corrected chi connectivity index (χ4v) is 2.03. The van der Waals surface area contributed by atoms with Gasteiger partial charge in [-0.05, 0) is 43.2 Å². The summed E-state index contributed by atoms with van der Waals surface area (Å²) < 4.78 is 4.73. The number of pyridine rings is 1. The molecule has 1 unspecified atom stereocenters. The quantitative estimate of drug-likeness (QED) is 0.368. The zero-order valence-corrected chi connectivity index (χ0v) is 13.3. The Morgan fingerprint density at radius 1 is 1.13 bits per heavy atom. The summed E-state index contributed by atoms with van der Waals surface area (Å²) in [5.74, 6) is -2.04. The number of Topliss-reactive ketones (excluding diaryl/α,β-unsaturated/α-hetero) is 1. The highest BCUT2D eigenvalue weighted by molar-refractivity contribution is 6.18. The van der Waals surface area contributed by atoms with Gasteiger partial charge in [0.15, 0.2) is 11.7 Å². The van der Waals surface area contributed by atoms with Crippen LogP contribution in [0.2, 0.25) is 0 Å². The monoisotopic (exact) mass is 310 g/mol. The van der Waals surface area contributed by atoms with Crippen molar-refractivity contribution in [1.29, 1.82) is 0 Å². The van der Waals surface area contributed by atoms with Crippen LogP contribution in [0.1, 0.15) is 21.5 Å². The van der Waals surface area contributed by atoms with Gasteiger partial charge < -0.3 is 4.74 Å². The second kappa shape index (κ2) is 7.45. The highest BCUT2D eigenvalue weighted by atomic mass is 16.5. The Hall–Kier alpha value is -2.82. The van der Waals surface area contributed by atoms with E-state index in [0.717, 1.165) is 11.1 Å². The number of hydrogen-bond donors (Lipinski definition) is 0. The van der Waals surface area contributed by atoms with Gasteiger partial charge in [-0.3, -0.25) is 19.6 Å². The van der Waals surface area contributed by atoms with Crippen molar-refractivity contribution >= 4 is 23.7 Å². The molecule has 0 spiro atoms. The molecule has 2 rings (SSSR count). The average Bonchev–Trinajstić information content (AvgIpc) is 2.58. The molecule has 23 heavy (non-hydrogen) atoms. The Labute approximate surface area is 135 Å². The largest absolute Gasteiger partial charge is 0.468 e. The van der Waals surface area contributed by atoms with Crippen LogP contribution in [-0.2, 0) is 9.53 Å². The van der Waals surface area contributed by atoms with E-state index in [9.17, 15) is 9.59 Å². The molecule has 0 aliphatic carbocycles. The summed E-state index contributed by atoms with van der Waals surface area (Å²) in [5, 5.41) is 0. The van der Waals surface area contributed by atoms with Gasteiger partial charge in [0, 0.05) is 24.2 Å². The minimum Gasteiger partial charge on any atom is -0.468 e. The second-order valence-electron chi connectivity index (χ2n) is 5.15. The summed E-state index contributed by atoms with van der Waals surface area (Å²) in [5.41, 5.74) is 3.15. The Balaban J connectivity index is 2.30. The molecular weight excluding hydrogens is 292 g/mol. The molecule has 2 aromatic rings. The first-order chi connectivity index (χ1) is 11.0. The zero-order valence-electron chi connectivity index (χ0n) is 13.3. The predicted molar refractivity (Wildman–Crippen MR) is 88.1 cm³/mol. The number of carbonyl (C=O) groups excluding carboxylic acids is 2. The highest BCUT2D eigenvalue weighted by Gasteiger charge is 2.27. The van der Waals surface area contributed by atoms with Gasteiger partial charge in [-0.15, -0.1) is 0 Å². The molecule has 5 heteroatoms. The summed E-state index contributed by atoms with van der Waals surface area (Å²) >= 11 is 0. The summed E-state index contributed by atoms with van der Waals surface area (Å²) in [7, 11) is 1.25. The van der Waals surface area contributed by atoms with Crippen LogP contribution >= 0.6 is 0 Å². The van der Waals surface area contributed by atoms with Crippen LogP contribution in [0.4, 0.5) is 5.69 Å². The van der Waals surface area contributed by atoms with E-state index in [4.69, 9.17) is 4.74 Å². The van der Waals surface area contributed by atoms with Crippen molar-refractivity contribution in [3.63, 3.8) is 0 Å². The highest BCUT2D eigenvalue weighted by Crippen LogP contribution is 2.16. The molecule has 1 aromatic carbocycles. The fraction of sp³-hybridized carbons (Fsp3) is 0.222. The van der Waals surface area contributed by atoms with Crippen LogP contribution in [0.5, 0.6) is 0 Å². The van der Waals surface area contributed by atoms with E-state index in [1.54, 1.807) is 36.7 Å². The third-order valence-electron chi connectivity index (χ3n) is 3.56. The molecule has 1 aromatic heterocycles. The lowest BCUT2D eigenvalue weighted by molar-refractivity contribution is -0.141. The van der Waals surface area contributed by atoms with Crippen LogP contribution in [0.15, 0.2) is 47.7 Å². The molecule has 0 fully saturated rings. The number of esters is 1. The number of hydrogen-bond acceptors (Lipinski definition) is 5. The van der Waals surface area contributed by atoms with Crippen LogP contribution in [0.25, 0.3) is 0 Å². The molecule has 0 radical (unpaired) electrons. The zero-order chi connectivity index (χ0) is 16.8. The predicted octanol–water partition coefficient (Wildman–Crippen LogP) is 3.07. The van der Waals surface area contributed by atoms with Gasteiger partial charge in [-0.1, -0.05) is 12.1 Å². The van der Waals surface area contributed by atoms with Crippen molar-refractivity contribution in [2.24, 2.45) is 10.9 Å². The molecule has 118 valence electrons. The van der Waals surface area contributed by atoms with Gasteiger partial charge in [0.25, 0.3) is 0 Å². The Bertz CT molecular complexity index is 739. The van der Waals surface area contributed by atoms with E-state index >= 15 is 0 Å². The topological polar surface area (TPSA) is 68.6 Å². The lowest BCUT2D eigenvalue weighted by atomic mass is 9.96. The normalized spacial score (nSPS) is 12.1. The van der Waals surface area contributed by atoms with E-state index < -0.39 is 11.9 Å². The summed E-state index contributed by atoms with van der Waals surface area (Å²) in [6.07, 6.45) is 4.49. The minimum absolute atomic E-state index is 0.335. The maximum Gasteiger partial charge on any atom is 0.322 e. The van der Waals surface area contributed by atoms with Crippen LogP contribution in [0.3, 0.4) is 0 Å². The molecule has 0 saturated carbocycles. The molecule has 0 amide bonds. The van der Waals surface area contributed by atoms with Crippen LogP contribution < -0.4 is 0 Å². The SMILES string of the molecule is COC(=O)C(C=Nc1ccncc1)C(=O)c1ccc(C)c(C)c1. The van der Waals surface area contributed by atoms with Crippen molar-refractivity contribution in [2.75, 3.05) is 7.11 Å². The number of ketones is 1. The molecule has 0 bridgehead atoms.